The molecule has 0 aromatic heterocycles. The van der Waals surface area contributed by atoms with E-state index in [2.05, 4.69) is 0 Å². The Morgan fingerprint density at radius 1 is 1.18 bits per heavy atom. The zero-order valence-corrected chi connectivity index (χ0v) is 14.4. The average molecular weight is 327 g/mol. The Labute approximate surface area is 134 Å². The number of benzene rings is 1. The summed E-state index contributed by atoms with van der Waals surface area (Å²) in [4.78, 5) is 0. The Kier molecular flexibility index (Phi) is 5.83. The molecule has 0 bridgehead atoms. The molecular weight excluding hydrogens is 302 g/mol. The first kappa shape index (κ1) is 17.2. The molecule has 1 fully saturated rings. The summed E-state index contributed by atoms with van der Waals surface area (Å²) in [5, 5.41) is 0. The lowest BCUT2D eigenvalue weighted by atomic mass is 9.95. The Bertz CT molecular complexity index is 537. The maximum absolute atomic E-state index is 12.2. The maximum atomic E-state index is 12.2. The van der Waals surface area contributed by atoms with Gasteiger partial charge in [0.05, 0.1) is 26.8 Å². The van der Waals surface area contributed by atoms with E-state index < -0.39 is 10.4 Å². The molecule has 1 unspecified atom stereocenters. The number of nitrogens with zero attached hydrogens (tertiary/aromatic N) is 1. The van der Waals surface area contributed by atoms with Crippen molar-refractivity contribution in [2.45, 2.75) is 44.7 Å². The monoisotopic (exact) mass is 327 g/mol. The minimum absolute atomic E-state index is 0.108. The van der Waals surface area contributed by atoms with Crippen molar-refractivity contribution in [3.63, 3.8) is 0 Å². The van der Waals surface area contributed by atoms with Gasteiger partial charge in [0.15, 0.2) is 11.5 Å². The molecule has 0 spiro atoms. The van der Waals surface area contributed by atoms with E-state index in [1.165, 1.54) is 12.7 Å². The van der Waals surface area contributed by atoms with Gasteiger partial charge in [-0.3, -0.25) is 0 Å². The van der Waals surface area contributed by atoms with Gasteiger partial charge >= 0.3 is 0 Å². The summed E-state index contributed by atoms with van der Waals surface area (Å²) in [6, 6.07) is 5.66. The molecule has 1 aliphatic carbocycles. The SMILES string of the molecule is COc1ccc(CN(C2CCCCC2)[S+](C)(=O)[O-])cc1OC. The van der Waals surface area contributed by atoms with Gasteiger partial charge in [-0.25, -0.2) is 0 Å². The summed E-state index contributed by atoms with van der Waals surface area (Å²) in [5.74, 6) is 1.27. The smallest absolute Gasteiger partial charge is 0.161 e. The molecule has 22 heavy (non-hydrogen) atoms. The molecule has 1 aromatic carbocycles. The topological polar surface area (TPSA) is 61.8 Å². The fourth-order valence-electron chi connectivity index (χ4n) is 3.05. The van der Waals surface area contributed by atoms with E-state index in [0.717, 1.165) is 31.2 Å². The molecule has 6 heteroatoms. The van der Waals surface area contributed by atoms with Crippen LogP contribution in [0, 0.1) is 0 Å². The van der Waals surface area contributed by atoms with Crippen LogP contribution in [0.2, 0.25) is 0 Å². The lowest BCUT2D eigenvalue weighted by Crippen LogP contribution is -2.43. The largest absolute Gasteiger partial charge is 0.598 e. The van der Waals surface area contributed by atoms with Crippen LogP contribution in [0.25, 0.3) is 0 Å². The van der Waals surface area contributed by atoms with Crippen molar-refractivity contribution in [3.05, 3.63) is 23.8 Å². The third kappa shape index (κ3) is 4.21. The summed E-state index contributed by atoms with van der Waals surface area (Å²) in [7, 11) is -0.0706. The second kappa shape index (κ2) is 7.44. The summed E-state index contributed by atoms with van der Waals surface area (Å²) in [6.07, 6.45) is 6.58. The van der Waals surface area contributed by atoms with E-state index in [1.807, 2.05) is 18.2 Å². The molecule has 1 aromatic rings. The molecular formula is C16H25NO4S. The number of hydrogen-bond acceptors (Lipinski definition) is 4. The number of methoxy groups -OCH3 is 2. The molecule has 0 N–H and O–H groups in total. The fourth-order valence-corrected chi connectivity index (χ4v) is 4.18. The van der Waals surface area contributed by atoms with Crippen LogP contribution in [0.3, 0.4) is 0 Å². The highest BCUT2D eigenvalue weighted by Crippen LogP contribution is 2.31. The molecule has 124 valence electrons. The molecule has 0 heterocycles. The van der Waals surface area contributed by atoms with Crippen molar-refractivity contribution in [1.82, 2.24) is 4.31 Å². The van der Waals surface area contributed by atoms with Gasteiger partial charge in [0, 0.05) is 0 Å². The van der Waals surface area contributed by atoms with Gasteiger partial charge in [-0.05, 0) is 30.5 Å². The first-order valence-electron chi connectivity index (χ1n) is 7.63. The standard InChI is InChI=1S/C16H25NO4S/c1-20-15-10-9-13(11-16(15)21-2)12-17(22(3,18)19)14-7-5-4-6-8-14/h9-11,14H,4-8,12H2,1-3H3. The Balaban J connectivity index is 2.21. The molecule has 0 radical (unpaired) electrons. The van der Waals surface area contributed by atoms with Crippen LogP contribution >= 0.6 is 0 Å². The van der Waals surface area contributed by atoms with Crippen LogP contribution in [-0.2, 0) is 21.2 Å². The summed E-state index contributed by atoms with van der Waals surface area (Å²) in [6.45, 7) is 0.379. The number of rotatable bonds is 6. The van der Waals surface area contributed by atoms with E-state index in [4.69, 9.17) is 9.47 Å². The first-order valence-corrected chi connectivity index (χ1v) is 9.48. The quantitative estimate of drug-likeness (QED) is 0.754. The summed E-state index contributed by atoms with van der Waals surface area (Å²) >= 11 is 0. The van der Waals surface area contributed by atoms with Crippen molar-refractivity contribution < 1.29 is 18.2 Å². The highest BCUT2D eigenvalue weighted by Gasteiger charge is 2.32. The van der Waals surface area contributed by atoms with Crippen LogP contribution in [0.1, 0.15) is 37.7 Å². The van der Waals surface area contributed by atoms with E-state index in [-0.39, 0.29) is 6.04 Å². The van der Waals surface area contributed by atoms with E-state index in [1.54, 1.807) is 18.5 Å². The minimum atomic E-state index is -3.24. The fraction of sp³-hybridized carbons (Fsp3) is 0.625. The maximum Gasteiger partial charge on any atom is 0.161 e. The molecule has 1 aliphatic rings. The Morgan fingerprint density at radius 2 is 1.82 bits per heavy atom. The average Bonchev–Trinajstić information content (AvgIpc) is 2.52. The van der Waals surface area contributed by atoms with Gasteiger partial charge in [-0.15, -0.1) is 4.31 Å². The van der Waals surface area contributed by atoms with Gasteiger partial charge in [-0.2, -0.15) is 0 Å². The van der Waals surface area contributed by atoms with Gasteiger partial charge in [-0.1, -0.05) is 29.5 Å². The first-order chi connectivity index (χ1) is 10.5. The number of sulfonamides is 1. The molecule has 0 aliphatic heterocycles. The molecule has 5 nitrogen and oxygen atoms in total. The van der Waals surface area contributed by atoms with Gasteiger partial charge in [0.2, 0.25) is 0 Å². The number of ether oxygens (including phenoxy) is 2. The van der Waals surface area contributed by atoms with Crippen molar-refractivity contribution >= 4 is 10.4 Å². The van der Waals surface area contributed by atoms with Gasteiger partial charge < -0.3 is 14.0 Å². The molecule has 0 amide bonds. The Hall–Kier alpha value is -1.11. The second-order valence-corrected chi connectivity index (χ2v) is 7.72. The van der Waals surface area contributed by atoms with Crippen LogP contribution in [0.15, 0.2) is 18.2 Å². The normalized spacial score (nSPS) is 19.0. The van der Waals surface area contributed by atoms with Crippen LogP contribution in [0.5, 0.6) is 11.5 Å². The van der Waals surface area contributed by atoms with E-state index in [9.17, 15) is 8.76 Å². The molecule has 2 rings (SSSR count). The molecule has 1 atom stereocenters. The van der Waals surface area contributed by atoms with Gasteiger partial charge in [0.1, 0.15) is 16.7 Å². The highest BCUT2D eigenvalue weighted by atomic mass is 32.3. The lowest BCUT2D eigenvalue weighted by Gasteiger charge is -2.34. The predicted octanol–water partition coefficient (Wildman–Crippen LogP) is 3.01. The van der Waals surface area contributed by atoms with Crippen molar-refractivity contribution in [2.24, 2.45) is 0 Å². The van der Waals surface area contributed by atoms with Crippen LogP contribution in [0.4, 0.5) is 0 Å². The molecule has 1 saturated carbocycles. The summed E-state index contributed by atoms with van der Waals surface area (Å²) in [5.41, 5.74) is 0.911. The van der Waals surface area contributed by atoms with Crippen LogP contribution in [-0.4, -0.2) is 35.4 Å². The van der Waals surface area contributed by atoms with Crippen LogP contribution < -0.4 is 9.47 Å². The second-order valence-electron chi connectivity index (χ2n) is 5.79. The molecule has 0 saturated heterocycles. The Morgan fingerprint density at radius 3 is 2.36 bits per heavy atom. The van der Waals surface area contributed by atoms with Crippen molar-refractivity contribution in [1.29, 1.82) is 0 Å². The van der Waals surface area contributed by atoms with E-state index in [0.29, 0.717) is 18.0 Å². The van der Waals surface area contributed by atoms with Crippen molar-refractivity contribution in [3.8, 4) is 11.5 Å². The van der Waals surface area contributed by atoms with E-state index >= 15 is 0 Å². The predicted molar refractivity (Wildman–Crippen MR) is 86.7 cm³/mol. The highest BCUT2D eigenvalue weighted by molar-refractivity contribution is 7.94. The van der Waals surface area contributed by atoms with Crippen molar-refractivity contribution in [2.75, 3.05) is 20.5 Å². The minimum Gasteiger partial charge on any atom is -0.598 e. The zero-order chi connectivity index (χ0) is 16.2. The third-order valence-corrected chi connectivity index (χ3v) is 5.47. The lowest BCUT2D eigenvalue weighted by molar-refractivity contribution is 0.231. The number of hydrogen-bond donors (Lipinski definition) is 0. The zero-order valence-electron chi connectivity index (χ0n) is 13.5. The van der Waals surface area contributed by atoms with Gasteiger partial charge in [0.25, 0.3) is 0 Å². The summed E-state index contributed by atoms with van der Waals surface area (Å²) < 4.78 is 36.5. The third-order valence-electron chi connectivity index (χ3n) is 4.19.